The Balaban J connectivity index is 2.28. The van der Waals surface area contributed by atoms with Gasteiger partial charge in [-0.05, 0) is 54.4 Å². The first-order chi connectivity index (χ1) is 10.0. The van der Waals surface area contributed by atoms with E-state index in [2.05, 4.69) is 36.5 Å². The van der Waals surface area contributed by atoms with Crippen molar-refractivity contribution < 1.29 is 4.79 Å². The number of pyridine rings is 2. The third kappa shape index (κ3) is 3.78. The average molecular weight is 349 g/mol. The van der Waals surface area contributed by atoms with Crippen molar-refractivity contribution in [3.8, 4) is 0 Å². The monoisotopic (exact) mass is 348 g/mol. The first kappa shape index (κ1) is 15.4. The zero-order chi connectivity index (χ0) is 15.4. The standard InChI is InChI=1S/C15H17BrN4O/c1-4-17-13-6-10(3)18-8-12(13)15(21)20-14-9(2)5-11(16)7-19-14/h5-8H,4H2,1-3H3,(H,17,18)(H,19,20,21). The van der Waals surface area contributed by atoms with Gasteiger partial charge >= 0.3 is 0 Å². The van der Waals surface area contributed by atoms with Crippen molar-refractivity contribution in [3.05, 3.63) is 45.8 Å². The molecule has 2 aromatic heterocycles. The molecule has 6 heteroatoms. The lowest BCUT2D eigenvalue weighted by atomic mass is 10.2. The Morgan fingerprint density at radius 3 is 2.67 bits per heavy atom. The number of carbonyl (C=O) groups excluding carboxylic acids is 1. The molecular formula is C15H17BrN4O. The SMILES string of the molecule is CCNc1cc(C)ncc1C(=O)Nc1ncc(Br)cc1C. The Labute approximate surface area is 132 Å². The van der Waals surface area contributed by atoms with Crippen LogP contribution in [0.3, 0.4) is 0 Å². The number of aromatic nitrogens is 2. The molecule has 0 bridgehead atoms. The minimum absolute atomic E-state index is 0.226. The Morgan fingerprint density at radius 1 is 1.24 bits per heavy atom. The highest BCUT2D eigenvalue weighted by Crippen LogP contribution is 2.20. The Hall–Kier alpha value is -1.95. The van der Waals surface area contributed by atoms with Crippen molar-refractivity contribution in [1.29, 1.82) is 0 Å². The molecule has 0 atom stereocenters. The highest BCUT2D eigenvalue weighted by molar-refractivity contribution is 9.10. The molecule has 0 radical (unpaired) electrons. The van der Waals surface area contributed by atoms with Crippen LogP contribution in [-0.2, 0) is 0 Å². The van der Waals surface area contributed by atoms with Gasteiger partial charge in [-0.25, -0.2) is 4.98 Å². The molecule has 0 spiro atoms. The Morgan fingerprint density at radius 2 is 2.00 bits per heavy atom. The number of hydrogen-bond donors (Lipinski definition) is 2. The molecule has 110 valence electrons. The van der Waals surface area contributed by atoms with E-state index in [1.54, 1.807) is 12.4 Å². The van der Waals surface area contributed by atoms with Crippen molar-refractivity contribution in [2.24, 2.45) is 0 Å². The van der Waals surface area contributed by atoms with Crippen molar-refractivity contribution in [2.75, 3.05) is 17.2 Å². The number of nitrogens with one attached hydrogen (secondary N) is 2. The number of halogens is 1. The van der Waals surface area contributed by atoms with E-state index in [-0.39, 0.29) is 5.91 Å². The van der Waals surface area contributed by atoms with Gasteiger partial charge in [0.15, 0.2) is 0 Å². The van der Waals surface area contributed by atoms with Crippen LogP contribution in [0.25, 0.3) is 0 Å². The molecule has 2 N–H and O–H groups in total. The summed E-state index contributed by atoms with van der Waals surface area (Å²) in [6.07, 6.45) is 3.23. The number of carbonyl (C=O) groups is 1. The quantitative estimate of drug-likeness (QED) is 0.886. The maximum atomic E-state index is 12.4. The van der Waals surface area contributed by atoms with E-state index >= 15 is 0 Å². The molecule has 2 heterocycles. The smallest absolute Gasteiger partial charge is 0.260 e. The van der Waals surface area contributed by atoms with Gasteiger partial charge in [-0.15, -0.1) is 0 Å². The average Bonchev–Trinajstić information content (AvgIpc) is 2.42. The molecule has 0 saturated carbocycles. The van der Waals surface area contributed by atoms with Gasteiger partial charge in [0.05, 0.1) is 11.3 Å². The number of rotatable bonds is 4. The van der Waals surface area contributed by atoms with Crippen LogP contribution in [0.15, 0.2) is 29.0 Å². The summed E-state index contributed by atoms with van der Waals surface area (Å²) >= 11 is 3.35. The summed E-state index contributed by atoms with van der Waals surface area (Å²) in [5.41, 5.74) is 3.03. The van der Waals surface area contributed by atoms with Gasteiger partial charge < -0.3 is 10.6 Å². The highest BCUT2D eigenvalue weighted by atomic mass is 79.9. The summed E-state index contributed by atoms with van der Waals surface area (Å²) in [6, 6.07) is 3.77. The lowest BCUT2D eigenvalue weighted by molar-refractivity contribution is 0.102. The minimum Gasteiger partial charge on any atom is -0.385 e. The van der Waals surface area contributed by atoms with Crippen molar-refractivity contribution in [1.82, 2.24) is 9.97 Å². The van der Waals surface area contributed by atoms with Crippen molar-refractivity contribution in [2.45, 2.75) is 20.8 Å². The molecular weight excluding hydrogens is 332 g/mol. The summed E-state index contributed by atoms with van der Waals surface area (Å²) in [7, 11) is 0. The fourth-order valence-corrected chi connectivity index (χ4v) is 2.37. The van der Waals surface area contributed by atoms with E-state index in [1.807, 2.05) is 32.9 Å². The van der Waals surface area contributed by atoms with Gasteiger partial charge in [0.1, 0.15) is 5.82 Å². The lowest BCUT2D eigenvalue weighted by Gasteiger charge is -2.12. The van der Waals surface area contributed by atoms with Gasteiger partial charge in [-0.2, -0.15) is 0 Å². The predicted molar refractivity (Wildman–Crippen MR) is 87.8 cm³/mol. The first-order valence-corrected chi connectivity index (χ1v) is 7.44. The molecule has 0 saturated heterocycles. The molecule has 0 unspecified atom stereocenters. The second-order valence-electron chi connectivity index (χ2n) is 4.67. The molecule has 0 aromatic carbocycles. The highest BCUT2D eigenvalue weighted by Gasteiger charge is 2.14. The third-order valence-electron chi connectivity index (χ3n) is 2.93. The van der Waals surface area contributed by atoms with Gasteiger partial charge in [-0.3, -0.25) is 9.78 Å². The molecule has 1 amide bonds. The number of anilines is 2. The van der Waals surface area contributed by atoms with E-state index in [9.17, 15) is 4.79 Å². The number of hydrogen-bond acceptors (Lipinski definition) is 4. The van der Waals surface area contributed by atoms with Crippen LogP contribution in [0.4, 0.5) is 11.5 Å². The second kappa shape index (κ2) is 6.67. The molecule has 2 rings (SSSR count). The maximum absolute atomic E-state index is 12.4. The fraction of sp³-hybridized carbons (Fsp3) is 0.267. The largest absolute Gasteiger partial charge is 0.385 e. The molecule has 5 nitrogen and oxygen atoms in total. The van der Waals surface area contributed by atoms with Crippen LogP contribution in [0, 0.1) is 13.8 Å². The third-order valence-corrected chi connectivity index (χ3v) is 3.36. The molecule has 0 fully saturated rings. The summed E-state index contributed by atoms with van der Waals surface area (Å²) < 4.78 is 0.878. The topological polar surface area (TPSA) is 66.9 Å². The van der Waals surface area contributed by atoms with E-state index in [1.165, 1.54) is 0 Å². The maximum Gasteiger partial charge on any atom is 0.260 e. The van der Waals surface area contributed by atoms with Gasteiger partial charge in [0, 0.05) is 29.1 Å². The molecule has 0 aliphatic rings. The summed E-state index contributed by atoms with van der Waals surface area (Å²) in [4.78, 5) is 20.8. The number of amides is 1. The van der Waals surface area contributed by atoms with E-state index in [4.69, 9.17) is 0 Å². The van der Waals surface area contributed by atoms with Crippen LogP contribution in [0.2, 0.25) is 0 Å². The Bertz CT molecular complexity index is 673. The van der Waals surface area contributed by atoms with Crippen molar-refractivity contribution >= 4 is 33.3 Å². The van der Waals surface area contributed by atoms with Crippen LogP contribution < -0.4 is 10.6 Å². The van der Waals surface area contributed by atoms with E-state index < -0.39 is 0 Å². The number of aryl methyl sites for hydroxylation is 2. The molecule has 2 aromatic rings. The Kier molecular flexibility index (Phi) is 4.90. The van der Waals surface area contributed by atoms with Crippen LogP contribution in [0.1, 0.15) is 28.5 Å². The molecule has 0 aliphatic carbocycles. The van der Waals surface area contributed by atoms with Crippen LogP contribution in [0.5, 0.6) is 0 Å². The predicted octanol–water partition coefficient (Wildman–Crippen LogP) is 3.54. The zero-order valence-electron chi connectivity index (χ0n) is 12.2. The second-order valence-corrected chi connectivity index (χ2v) is 5.59. The van der Waals surface area contributed by atoms with Gasteiger partial charge in [-0.1, -0.05) is 0 Å². The van der Waals surface area contributed by atoms with Gasteiger partial charge in [0.2, 0.25) is 0 Å². The fourth-order valence-electron chi connectivity index (χ4n) is 1.92. The van der Waals surface area contributed by atoms with Gasteiger partial charge in [0.25, 0.3) is 5.91 Å². The van der Waals surface area contributed by atoms with E-state index in [0.717, 1.165) is 28.0 Å². The minimum atomic E-state index is -0.226. The summed E-state index contributed by atoms with van der Waals surface area (Å²) in [6.45, 7) is 6.51. The summed E-state index contributed by atoms with van der Waals surface area (Å²) in [5.74, 6) is 0.322. The molecule has 0 aliphatic heterocycles. The van der Waals surface area contributed by atoms with E-state index in [0.29, 0.717) is 11.4 Å². The normalized spacial score (nSPS) is 10.3. The van der Waals surface area contributed by atoms with Crippen LogP contribution >= 0.6 is 15.9 Å². The molecule has 21 heavy (non-hydrogen) atoms. The van der Waals surface area contributed by atoms with Crippen LogP contribution in [-0.4, -0.2) is 22.4 Å². The lowest BCUT2D eigenvalue weighted by Crippen LogP contribution is -2.17. The number of nitrogens with zero attached hydrogens (tertiary/aromatic N) is 2. The summed E-state index contributed by atoms with van der Waals surface area (Å²) in [5, 5.41) is 6.00. The first-order valence-electron chi connectivity index (χ1n) is 6.65. The zero-order valence-corrected chi connectivity index (χ0v) is 13.8. The van der Waals surface area contributed by atoms with Crippen molar-refractivity contribution in [3.63, 3.8) is 0 Å².